The largest absolute Gasteiger partial charge is 0.349 e. The Bertz CT molecular complexity index is 221. The van der Waals surface area contributed by atoms with Crippen LogP contribution >= 0.6 is 0 Å². The lowest BCUT2D eigenvalue weighted by Gasteiger charge is -2.41. The quantitative estimate of drug-likeness (QED) is 0.576. The molecule has 0 spiro atoms. The number of rotatable bonds is 0. The maximum Gasteiger partial charge on any atom is 0.147 e. The summed E-state index contributed by atoms with van der Waals surface area (Å²) in [6.07, 6.45) is 4.73. The van der Waals surface area contributed by atoms with E-state index in [9.17, 15) is 0 Å². The number of piperidine rings is 1. The summed E-state index contributed by atoms with van der Waals surface area (Å²) in [5.41, 5.74) is 0. The number of nitrogens with one attached hydrogen (secondary N) is 1. The van der Waals surface area contributed by atoms with Crippen molar-refractivity contribution in [2.45, 2.75) is 31.5 Å². The van der Waals surface area contributed by atoms with E-state index in [0.717, 1.165) is 11.8 Å². The van der Waals surface area contributed by atoms with Crippen molar-refractivity contribution in [3.63, 3.8) is 0 Å². The molecular weight excluding hydrogens is 178 g/mol. The van der Waals surface area contributed by atoms with Crippen molar-refractivity contribution < 1.29 is 14.4 Å². The summed E-state index contributed by atoms with van der Waals surface area (Å²) in [5, 5.41) is 0. The molecule has 0 aromatic heterocycles. The van der Waals surface area contributed by atoms with Gasteiger partial charge in [-0.2, -0.15) is 0 Å². The molecule has 3 heteroatoms. The summed E-state index contributed by atoms with van der Waals surface area (Å²) < 4.78 is 11.2. The summed E-state index contributed by atoms with van der Waals surface area (Å²) in [5.74, 6) is 1.81. The van der Waals surface area contributed by atoms with Crippen LogP contribution in [-0.2, 0) is 9.47 Å². The molecule has 3 nitrogen and oxygen atoms in total. The van der Waals surface area contributed by atoms with Gasteiger partial charge in [-0.3, -0.25) is 0 Å². The van der Waals surface area contributed by atoms with E-state index < -0.39 is 0 Å². The molecule has 3 aliphatic rings. The average Bonchev–Trinajstić information content (AvgIpc) is 2.61. The van der Waals surface area contributed by atoms with Gasteiger partial charge < -0.3 is 14.4 Å². The minimum absolute atomic E-state index is 0.419. The zero-order valence-electron chi connectivity index (χ0n) is 8.87. The third-order valence-electron chi connectivity index (χ3n) is 4.27. The van der Waals surface area contributed by atoms with Gasteiger partial charge in [-0.05, 0) is 25.2 Å². The van der Waals surface area contributed by atoms with E-state index in [0.29, 0.717) is 19.0 Å². The Morgan fingerprint density at radius 1 is 1.07 bits per heavy atom. The lowest BCUT2D eigenvalue weighted by Crippen LogP contribution is -3.11. The Labute approximate surface area is 85.4 Å². The van der Waals surface area contributed by atoms with Crippen molar-refractivity contribution in [1.82, 2.24) is 0 Å². The zero-order chi connectivity index (χ0) is 9.54. The van der Waals surface area contributed by atoms with E-state index in [1.165, 1.54) is 32.4 Å². The summed E-state index contributed by atoms with van der Waals surface area (Å²) in [7, 11) is 2.31. The van der Waals surface area contributed by atoms with Crippen LogP contribution in [0.5, 0.6) is 0 Å². The smallest absolute Gasteiger partial charge is 0.147 e. The number of hydrogen-bond acceptors (Lipinski definition) is 2. The highest BCUT2D eigenvalue weighted by Gasteiger charge is 2.44. The Morgan fingerprint density at radius 3 is 2.57 bits per heavy atom. The first-order valence-corrected chi connectivity index (χ1v) is 5.87. The second-order valence-electron chi connectivity index (χ2n) is 5.22. The van der Waals surface area contributed by atoms with Crippen LogP contribution in [0.15, 0.2) is 0 Å². The number of likely N-dealkylation sites (tertiary alicyclic amines) is 1. The first-order valence-electron chi connectivity index (χ1n) is 5.87. The summed E-state index contributed by atoms with van der Waals surface area (Å²) in [6, 6.07) is 0. The van der Waals surface area contributed by atoms with Gasteiger partial charge in [0.2, 0.25) is 0 Å². The van der Waals surface area contributed by atoms with Crippen molar-refractivity contribution in [2.24, 2.45) is 11.8 Å². The minimum Gasteiger partial charge on any atom is -0.349 e. The Hall–Kier alpha value is -0.120. The maximum atomic E-state index is 5.61. The summed E-state index contributed by atoms with van der Waals surface area (Å²) >= 11 is 0. The lowest BCUT2D eigenvalue weighted by molar-refractivity contribution is -0.890. The highest BCUT2D eigenvalue weighted by atomic mass is 16.7. The maximum absolute atomic E-state index is 5.61. The van der Waals surface area contributed by atoms with Gasteiger partial charge in [0.15, 0.2) is 0 Å². The van der Waals surface area contributed by atoms with Gasteiger partial charge in [-0.25, -0.2) is 0 Å². The first-order chi connectivity index (χ1) is 6.83. The van der Waals surface area contributed by atoms with Crippen LogP contribution in [0.1, 0.15) is 19.3 Å². The fourth-order valence-electron chi connectivity index (χ4n) is 3.44. The molecule has 3 fully saturated rings. The van der Waals surface area contributed by atoms with Crippen molar-refractivity contribution in [3.8, 4) is 0 Å². The van der Waals surface area contributed by atoms with Crippen LogP contribution in [0.25, 0.3) is 0 Å². The van der Waals surface area contributed by atoms with E-state index in [1.54, 1.807) is 4.90 Å². The van der Waals surface area contributed by atoms with E-state index in [4.69, 9.17) is 9.47 Å². The van der Waals surface area contributed by atoms with Crippen LogP contribution in [0.3, 0.4) is 0 Å². The van der Waals surface area contributed by atoms with Crippen molar-refractivity contribution >= 4 is 0 Å². The molecule has 0 aromatic rings. The molecule has 1 N–H and O–H groups in total. The fourth-order valence-corrected chi connectivity index (χ4v) is 3.44. The van der Waals surface area contributed by atoms with Gasteiger partial charge in [-0.15, -0.1) is 0 Å². The zero-order valence-corrected chi connectivity index (χ0v) is 8.87. The molecule has 5 unspecified atom stereocenters. The third kappa shape index (κ3) is 1.47. The molecule has 1 aliphatic carbocycles. The predicted molar refractivity (Wildman–Crippen MR) is 52.1 cm³/mol. The van der Waals surface area contributed by atoms with Crippen LogP contribution in [0.2, 0.25) is 0 Å². The van der Waals surface area contributed by atoms with Crippen LogP contribution in [0, 0.1) is 11.8 Å². The SMILES string of the molecule is C[NH+]1CCC2CC3OCOC3CC2C1. The highest BCUT2D eigenvalue weighted by molar-refractivity contribution is 4.89. The van der Waals surface area contributed by atoms with E-state index in [1.807, 2.05) is 0 Å². The van der Waals surface area contributed by atoms with Crippen LogP contribution in [-0.4, -0.2) is 39.1 Å². The molecule has 0 bridgehead atoms. The molecule has 2 heterocycles. The standard InChI is InChI=1S/C11H19NO2/c1-12-3-2-8-4-10-11(14-7-13-10)5-9(8)6-12/h8-11H,2-7H2,1H3/p+1. The van der Waals surface area contributed by atoms with Gasteiger partial charge in [0.1, 0.15) is 6.79 Å². The first kappa shape index (κ1) is 9.13. The molecule has 3 rings (SSSR count). The number of hydrogen-bond donors (Lipinski definition) is 1. The molecule has 0 amide bonds. The van der Waals surface area contributed by atoms with Gasteiger partial charge in [0.25, 0.3) is 0 Å². The van der Waals surface area contributed by atoms with Gasteiger partial charge >= 0.3 is 0 Å². The minimum atomic E-state index is 0.419. The lowest BCUT2D eigenvalue weighted by atomic mass is 9.73. The molecule has 5 atom stereocenters. The second kappa shape index (κ2) is 3.47. The van der Waals surface area contributed by atoms with Crippen LogP contribution in [0.4, 0.5) is 0 Å². The van der Waals surface area contributed by atoms with Gasteiger partial charge in [0.05, 0.1) is 32.3 Å². The molecule has 2 saturated heterocycles. The Morgan fingerprint density at radius 2 is 1.79 bits per heavy atom. The molecule has 80 valence electrons. The third-order valence-corrected chi connectivity index (χ3v) is 4.27. The average molecular weight is 198 g/mol. The highest BCUT2D eigenvalue weighted by Crippen LogP contribution is 2.38. The van der Waals surface area contributed by atoms with Crippen molar-refractivity contribution in [2.75, 3.05) is 26.9 Å². The van der Waals surface area contributed by atoms with E-state index in [2.05, 4.69) is 7.05 Å². The number of ether oxygens (including phenoxy) is 2. The van der Waals surface area contributed by atoms with Crippen molar-refractivity contribution in [1.29, 1.82) is 0 Å². The summed E-state index contributed by atoms with van der Waals surface area (Å²) in [4.78, 5) is 1.70. The normalized spacial score (nSPS) is 52.5. The molecule has 14 heavy (non-hydrogen) atoms. The second-order valence-corrected chi connectivity index (χ2v) is 5.22. The monoisotopic (exact) mass is 198 g/mol. The van der Waals surface area contributed by atoms with Crippen molar-refractivity contribution in [3.05, 3.63) is 0 Å². The molecule has 2 aliphatic heterocycles. The fraction of sp³-hybridized carbons (Fsp3) is 1.00. The number of fused-ring (bicyclic) bond motifs is 2. The Kier molecular flexibility index (Phi) is 2.26. The number of quaternary nitrogens is 1. The molecule has 1 saturated carbocycles. The molecule has 0 aromatic carbocycles. The van der Waals surface area contributed by atoms with E-state index >= 15 is 0 Å². The Balaban J connectivity index is 1.70. The van der Waals surface area contributed by atoms with Crippen LogP contribution < -0.4 is 4.90 Å². The molecule has 0 radical (unpaired) electrons. The van der Waals surface area contributed by atoms with Gasteiger partial charge in [-0.1, -0.05) is 0 Å². The molecular formula is C11H20NO2+. The van der Waals surface area contributed by atoms with E-state index in [-0.39, 0.29) is 0 Å². The van der Waals surface area contributed by atoms with Gasteiger partial charge in [0, 0.05) is 5.92 Å². The summed E-state index contributed by atoms with van der Waals surface area (Å²) in [6.45, 7) is 3.23. The topological polar surface area (TPSA) is 22.9 Å². The predicted octanol–water partition coefficient (Wildman–Crippen LogP) is -0.327.